The molecule has 2 amide bonds. The first-order valence-electron chi connectivity index (χ1n) is 10.9. The molecule has 0 saturated carbocycles. The van der Waals surface area contributed by atoms with Crippen molar-refractivity contribution >= 4 is 11.8 Å². The quantitative estimate of drug-likeness (QED) is 0.488. The van der Waals surface area contributed by atoms with Gasteiger partial charge in [-0.2, -0.15) is 0 Å². The van der Waals surface area contributed by atoms with Crippen LogP contribution in [-0.2, 0) is 16.1 Å². The summed E-state index contributed by atoms with van der Waals surface area (Å²) in [6, 6.07) is 16.5. The molecule has 0 unspecified atom stereocenters. The Bertz CT molecular complexity index is 793. The summed E-state index contributed by atoms with van der Waals surface area (Å²) in [4.78, 5) is 27.3. The minimum absolute atomic E-state index is 0.0642. The average molecular weight is 427 g/mol. The topological polar surface area (TPSA) is 67.9 Å². The number of hydrogen-bond donors (Lipinski definition) is 1. The molecule has 31 heavy (non-hydrogen) atoms. The smallest absolute Gasteiger partial charge is 0.242 e. The second-order valence-corrected chi connectivity index (χ2v) is 7.46. The summed E-state index contributed by atoms with van der Waals surface area (Å²) < 4.78 is 10.9. The van der Waals surface area contributed by atoms with Gasteiger partial charge in [0.1, 0.15) is 17.5 Å². The number of unbranched alkanes of at least 4 members (excludes halogenated alkanes) is 1. The highest BCUT2D eigenvalue weighted by molar-refractivity contribution is 5.87. The second-order valence-electron chi connectivity index (χ2n) is 7.46. The third-order valence-corrected chi connectivity index (χ3v) is 5.06. The third-order valence-electron chi connectivity index (χ3n) is 5.06. The zero-order valence-corrected chi connectivity index (χ0v) is 18.8. The first kappa shape index (κ1) is 24.3. The number of benzene rings is 2. The van der Waals surface area contributed by atoms with E-state index in [2.05, 4.69) is 12.2 Å². The molecule has 6 heteroatoms. The van der Waals surface area contributed by atoms with E-state index in [0.29, 0.717) is 32.5 Å². The molecule has 1 N–H and O–H groups in total. The van der Waals surface area contributed by atoms with E-state index in [0.717, 1.165) is 29.9 Å². The van der Waals surface area contributed by atoms with Gasteiger partial charge in [0.2, 0.25) is 11.8 Å². The van der Waals surface area contributed by atoms with Gasteiger partial charge in [-0.05, 0) is 49.6 Å². The van der Waals surface area contributed by atoms with Gasteiger partial charge in [-0.25, -0.2) is 0 Å². The van der Waals surface area contributed by atoms with E-state index in [1.807, 2.05) is 54.6 Å². The number of methoxy groups -OCH3 is 1. The van der Waals surface area contributed by atoms with Gasteiger partial charge in [0.25, 0.3) is 0 Å². The first-order valence-corrected chi connectivity index (χ1v) is 10.9. The number of rotatable bonds is 13. The van der Waals surface area contributed by atoms with Crippen LogP contribution >= 0.6 is 0 Å². The highest BCUT2D eigenvalue weighted by atomic mass is 16.5. The summed E-state index contributed by atoms with van der Waals surface area (Å²) >= 11 is 0. The fourth-order valence-electron chi connectivity index (χ4n) is 3.12. The van der Waals surface area contributed by atoms with Gasteiger partial charge in [-0.1, -0.05) is 43.7 Å². The standard InChI is InChI=1S/C25H34N2O4/c1-4-5-17-26-25(29)20(2)27(19-21-13-15-22(30-3)16-14-21)24(28)12-9-18-31-23-10-7-6-8-11-23/h6-8,10-11,13-16,20H,4-5,9,12,17-19H2,1-3H3,(H,26,29)/t20-/m0/s1. The molecule has 1 atom stereocenters. The van der Waals surface area contributed by atoms with E-state index in [9.17, 15) is 9.59 Å². The summed E-state index contributed by atoms with van der Waals surface area (Å²) in [5.74, 6) is 1.35. The molecule has 0 spiro atoms. The van der Waals surface area contributed by atoms with E-state index < -0.39 is 6.04 Å². The predicted octanol–water partition coefficient (Wildman–Crippen LogP) is 4.19. The molecule has 0 aliphatic carbocycles. The average Bonchev–Trinajstić information content (AvgIpc) is 2.81. The summed E-state index contributed by atoms with van der Waals surface area (Å²) in [5.41, 5.74) is 0.947. The molecule has 0 saturated heterocycles. The normalized spacial score (nSPS) is 11.5. The lowest BCUT2D eigenvalue weighted by atomic mass is 10.1. The number of carbonyl (C=O) groups excluding carboxylic acids is 2. The Morgan fingerprint density at radius 1 is 1.00 bits per heavy atom. The van der Waals surface area contributed by atoms with Crippen LogP contribution in [0, 0.1) is 0 Å². The lowest BCUT2D eigenvalue weighted by Gasteiger charge is -2.29. The van der Waals surface area contributed by atoms with Gasteiger partial charge in [0, 0.05) is 19.5 Å². The van der Waals surface area contributed by atoms with Crippen molar-refractivity contribution in [1.82, 2.24) is 10.2 Å². The van der Waals surface area contributed by atoms with Crippen molar-refractivity contribution in [3.8, 4) is 11.5 Å². The van der Waals surface area contributed by atoms with Crippen LogP contribution in [0.5, 0.6) is 11.5 Å². The zero-order chi connectivity index (χ0) is 22.5. The number of para-hydroxylation sites is 1. The molecule has 2 aromatic carbocycles. The molecule has 168 valence electrons. The van der Waals surface area contributed by atoms with Crippen molar-refractivity contribution in [2.24, 2.45) is 0 Å². The van der Waals surface area contributed by atoms with E-state index >= 15 is 0 Å². The number of hydrogen-bond acceptors (Lipinski definition) is 4. The maximum absolute atomic E-state index is 13.0. The van der Waals surface area contributed by atoms with Gasteiger partial charge >= 0.3 is 0 Å². The van der Waals surface area contributed by atoms with Crippen LogP contribution in [-0.4, -0.2) is 43.0 Å². The Balaban J connectivity index is 1.98. The molecule has 0 aliphatic heterocycles. The van der Waals surface area contributed by atoms with Gasteiger partial charge in [-0.15, -0.1) is 0 Å². The van der Waals surface area contributed by atoms with E-state index in [1.165, 1.54) is 0 Å². The van der Waals surface area contributed by atoms with Crippen molar-refractivity contribution in [3.63, 3.8) is 0 Å². The molecule has 0 aromatic heterocycles. The van der Waals surface area contributed by atoms with Gasteiger partial charge in [0.15, 0.2) is 0 Å². The predicted molar refractivity (Wildman–Crippen MR) is 122 cm³/mol. The zero-order valence-electron chi connectivity index (χ0n) is 18.8. The number of carbonyl (C=O) groups is 2. The van der Waals surface area contributed by atoms with Crippen LogP contribution in [0.2, 0.25) is 0 Å². The number of nitrogens with one attached hydrogen (secondary N) is 1. The van der Waals surface area contributed by atoms with Crippen LogP contribution in [0.1, 0.15) is 45.1 Å². The van der Waals surface area contributed by atoms with Crippen molar-refractivity contribution in [2.45, 2.75) is 52.1 Å². The molecule has 0 bridgehead atoms. The van der Waals surface area contributed by atoms with Crippen molar-refractivity contribution in [3.05, 3.63) is 60.2 Å². The fourth-order valence-corrected chi connectivity index (χ4v) is 3.12. The Hall–Kier alpha value is -3.02. The summed E-state index contributed by atoms with van der Waals surface area (Å²) in [6.45, 7) is 5.29. The Kier molecular flexibility index (Phi) is 10.4. The molecule has 0 fully saturated rings. The molecule has 0 aliphatic rings. The highest BCUT2D eigenvalue weighted by Gasteiger charge is 2.25. The molecular formula is C25H34N2O4. The Morgan fingerprint density at radius 2 is 1.71 bits per heavy atom. The Morgan fingerprint density at radius 3 is 2.35 bits per heavy atom. The summed E-state index contributed by atoms with van der Waals surface area (Å²) in [6.07, 6.45) is 2.82. The van der Waals surface area contributed by atoms with Gasteiger partial charge < -0.3 is 19.7 Å². The van der Waals surface area contributed by atoms with Crippen LogP contribution in [0.4, 0.5) is 0 Å². The molecule has 2 aromatic rings. The van der Waals surface area contributed by atoms with E-state index in [4.69, 9.17) is 9.47 Å². The van der Waals surface area contributed by atoms with Gasteiger partial charge in [-0.3, -0.25) is 9.59 Å². The van der Waals surface area contributed by atoms with Crippen LogP contribution < -0.4 is 14.8 Å². The lowest BCUT2D eigenvalue weighted by molar-refractivity contribution is -0.140. The molecule has 6 nitrogen and oxygen atoms in total. The monoisotopic (exact) mass is 426 g/mol. The maximum atomic E-state index is 13.0. The highest BCUT2D eigenvalue weighted by Crippen LogP contribution is 2.16. The SMILES string of the molecule is CCCCNC(=O)[C@H](C)N(Cc1ccc(OC)cc1)C(=O)CCCOc1ccccc1. The molecular weight excluding hydrogens is 392 g/mol. The van der Waals surface area contributed by atoms with Crippen molar-refractivity contribution in [1.29, 1.82) is 0 Å². The van der Waals surface area contributed by atoms with Crippen LogP contribution in [0.3, 0.4) is 0 Å². The number of nitrogens with zero attached hydrogens (tertiary/aromatic N) is 1. The summed E-state index contributed by atoms with van der Waals surface area (Å²) in [7, 11) is 1.62. The lowest BCUT2D eigenvalue weighted by Crippen LogP contribution is -2.47. The van der Waals surface area contributed by atoms with Gasteiger partial charge in [0.05, 0.1) is 13.7 Å². The molecule has 0 radical (unpaired) electrons. The largest absolute Gasteiger partial charge is 0.497 e. The molecule has 2 rings (SSSR count). The minimum atomic E-state index is -0.554. The number of ether oxygens (including phenoxy) is 2. The first-order chi connectivity index (χ1) is 15.0. The van der Waals surface area contributed by atoms with Crippen molar-refractivity contribution < 1.29 is 19.1 Å². The van der Waals surface area contributed by atoms with E-state index in [-0.39, 0.29) is 11.8 Å². The Labute approximate surface area is 185 Å². The van der Waals surface area contributed by atoms with Crippen molar-refractivity contribution in [2.75, 3.05) is 20.3 Å². The van der Waals surface area contributed by atoms with E-state index in [1.54, 1.807) is 18.9 Å². The maximum Gasteiger partial charge on any atom is 0.242 e. The summed E-state index contributed by atoms with van der Waals surface area (Å²) in [5, 5.41) is 2.93. The minimum Gasteiger partial charge on any atom is -0.497 e. The van der Waals surface area contributed by atoms with Crippen LogP contribution in [0.25, 0.3) is 0 Å². The second kappa shape index (κ2) is 13.3. The van der Waals surface area contributed by atoms with Crippen LogP contribution in [0.15, 0.2) is 54.6 Å². The molecule has 0 heterocycles. The number of amides is 2. The fraction of sp³-hybridized carbons (Fsp3) is 0.440. The third kappa shape index (κ3) is 8.32.